The van der Waals surface area contributed by atoms with Crippen LogP contribution in [0.15, 0.2) is 48.5 Å². The van der Waals surface area contributed by atoms with Crippen molar-refractivity contribution < 1.29 is 24.5 Å². The Balaban J connectivity index is 1.78. The monoisotopic (exact) mass is 481 g/mol. The number of hydrogen-bond donors (Lipinski definition) is 2. The first-order valence-corrected chi connectivity index (χ1v) is 12.4. The number of hydrogen-bond acceptors (Lipinski definition) is 6. The lowest BCUT2D eigenvalue weighted by atomic mass is 9.83. The lowest BCUT2D eigenvalue weighted by Crippen LogP contribution is -2.23. The molecule has 1 fully saturated rings. The number of aliphatic hydroxyl groups excluding tert-OH is 1. The molecule has 0 bridgehead atoms. The largest absolute Gasteiger partial charge is 0.512 e. The van der Waals surface area contributed by atoms with Crippen molar-refractivity contribution in [1.29, 1.82) is 0 Å². The van der Waals surface area contributed by atoms with Gasteiger partial charge in [-0.05, 0) is 77.4 Å². The summed E-state index contributed by atoms with van der Waals surface area (Å²) in [5.74, 6) is 0.699. The molecule has 6 nitrogen and oxygen atoms in total. The molecule has 0 amide bonds. The van der Waals surface area contributed by atoms with E-state index in [1.54, 1.807) is 6.07 Å². The van der Waals surface area contributed by atoms with E-state index in [1.165, 1.54) is 35.4 Å². The third-order valence-corrected chi connectivity index (χ3v) is 6.96. The summed E-state index contributed by atoms with van der Waals surface area (Å²) in [5.41, 5.74) is 5.46. The Bertz CT molecular complexity index is 1160. The molecule has 1 saturated heterocycles. The lowest BCUT2D eigenvalue weighted by Gasteiger charge is -2.29. The van der Waals surface area contributed by atoms with Crippen LogP contribution in [0.3, 0.4) is 0 Å². The molecular weight excluding hydrogens is 450 g/mol. The van der Waals surface area contributed by atoms with Crippen LogP contribution in [0.4, 0.5) is 10.5 Å². The number of anilines is 1. The van der Waals surface area contributed by atoms with E-state index in [-0.39, 0.29) is 18.6 Å². The summed E-state index contributed by atoms with van der Waals surface area (Å²) >= 11 is 1.28. The molecule has 180 valence electrons. The third-order valence-electron chi connectivity index (χ3n) is 5.94. The molecule has 2 heterocycles. The van der Waals surface area contributed by atoms with Gasteiger partial charge in [0.2, 0.25) is 0 Å². The average molecular weight is 482 g/mol. The van der Waals surface area contributed by atoms with Crippen molar-refractivity contribution in [2.75, 3.05) is 31.2 Å². The van der Waals surface area contributed by atoms with E-state index in [1.807, 2.05) is 18.2 Å². The zero-order valence-corrected chi connectivity index (χ0v) is 20.7. The van der Waals surface area contributed by atoms with Gasteiger partial charge < -0.3 is 24.6 Å². The number of ether oxygens (including phenoxy) is 2. The fourth-order valence-corrected chi connectivity index (χ4v) is 5.19. The Hall–Kier alpha value is -3.03. The van der Waals surface area contributed by atoms with Crippen LogP contribution in [-0.4, -0.2) is 42.7 Å². The molecular formula is C27H31NO5S. The van der Waals surface area contributed by atoms with Crippen LogP contribution >= 0.6 is 11.3 Å². The van der Waals surface area contributed by atoms with Crippen LogP contribution in [-0.2, 0) is 5.41 Å². The number of rotatable bonds is 7. The highest BCUT2D eigenvalue weighted by Crippen LogP contribution is 2.42. The molecule has 0 saturated carbocycles. The second-order valence-corrected chi connectivity index (χ2v) is 10.5. The Kier molecular flexibility index (Phi) is 7.14. The first-order chi connectivity index (χ1) is 16.3. The minimum atomic E-state index is -1.32. The summed E-state index contributed by atoms with van der Waals surface area (Å²) in [5, 5.41) is 18.5. The van der Waals surface area contributed by atoms with E-state index in [0.717, 1.165) is 34.7 Å². The average Bonchev–Trinajstić information content (AvgIpc) is 3.49. The van der Waals surface area contributed by atoms with Gasteiger partial charge in [0.15, 0.2) is 5.06 Å². The van der Waals surface area contributed by atoms with E-state index >= 15 is 0 Å². The molecule has 7 heteroatoms. The van der Waals surface area contributed by atoms with Gasteiger partial charge in [0.25, 0.3) is 0 Å². The second-order valence-electron chi connectivity index (χ2n) is 9.45. The highest BCUT2D eigenvalue weighted by molar-refractivity contribution is 7.17. The summed E-state index contributed by atoms with van der Waals surface area (Å²) in [6.07, 6.45) is 1.12. The van der Waals surface area contributed by atoms with Gasteiger partial charge in [-0.2, -0.15) is 0 Å². The summed E-state index contributed by atoms with van der Waals surface area (Å²) in [6.45, 7) is 9.02. The smallest absolute Gasteiger partial charge is 0.491 e. The first-order valence-electron chi connectivity index (χ1n) is 11.5. The standard InChI is InChI=1S/C27H31NO5S/c1-27(2,3)21-17-18(6-8-22(21)28-12-4-5-13-28)20-16-19(7-9-23(20)32-15-14-29)24-10-11-25(34-24)33-26(30)31/h6-11,16-17,29H,4-5,12-15H2,1-3H3,(H,30,31). The van der Waals surface area contributed by atoms with Crippen molar-refractivity contribution in [3.8, 4) is 32.4 Å². The minimum Gasteiger partial charge on any atom is -0.491 e. The van der Waals surface area contributed by atoms with E-state index < -0.39 is 6.16 Å². The molecule has 0 atom stereocenters. The Labute approximate surface area is 204 Å². The van der Waals surface area contributed by atoms with Gasteiger partial charge in [0.1, 0.15) is 12.4 Å². The lowest BCUT2D eigenvalue weighted by molar-refractivity contribution is 0.146. The molecule has 3 aromatic rings. The quantitative estimate of drug-likeness (QED) is 0.380. The molecule has 2 N–H and O–H groups in total. The maximum absolute atomic E-state index is 10.9. The normalized spacial score (nSPS) is 13.8. The van der Waals surface area contributed by atoms with E-state index in [4.69, 9.17) is 14.6 Å². The number of carboxylic acid groups (broad SMARTS) is 1. The van der Waals surface area contributed by atoms with Crippen LogP contribution in [0.1, 0.15) is 39.2 Å². The Morgan fingerprint density at radius 3 is 2.44 bits per heavy atom. The molecule has 1 aliphatic heterocycles. The number of nitrogens with zero attached hydrogens (tertiary/aromatic N) is 1. The first kappa shape index (κ1) is 24.1. The van der Waals surface area contributed by atoms with Crippen molar-refractivity contribution >= 4 is 23.2 Å². The summed E-state index contributed by atoms with van der Waals surface area (Å²) in [6, 6.07) is 16.0. The molecule has 0 spiro atoms. The maximum atomic E-state index is 10.9. The van der Waals surface area contributed by atoms with Crippen LogP contribution in [0, 0.1) is 0 Å². The molecule has 4 rings (SSSR count). The van der Waals surface area contributed by atoms with Crippen molar-refractivity contribution in [2.45, 2.75) is 39.0 Å². The van der Waals surface area contributed by atoms with E-state index in [2.05, 4.69) is 49.9 Å². The van der Waals surface area contributed by atoms with Crippen LogP contribution in [0.25, 0.3) is 21.6 Å². The highest BCUT2D eigenvalue weighted by Gasteiger charge is 2.24. The molecule has 34 heavy (non-hydrogen) atoms. The van der Waals surface area contributed by atoms with Gasteiger partial charge in [0.05, 0.1) is 6.61 Å². The Morgan fingerprint density at radius 1 is 1.03 bits per heavy atom. The van der Waals surface area contributed by atoms with Gasteiger partial charge in [0, 0.05) is 29.2 Å². The number of thiophene rings is 1. The van der Waals surface area contributed by atoms with Crippen molar-refractivity contribution in [3.63, 3.8) is 0 Å². The Morgan fingerprint density at radius 2 is 1.76 bits per heavy atom. The number of aliphatic hydroxyl groups is 1. The molecule has 1 aliphatic rings. The predicted molar refractivity (Wildman–Crippen MR) is 137 cm³/mol. The highest BCUT2D eigenvalue weighted by atomic mass is 32.1. The molecule has 0 aliphatic carbocycles. The minimum absolute atomic E-state index is 0.0332. The van der Waals surface area contributed by atoms with E-state index in [0.29, 0.717) is 10.8 Å². The zero-order valence-electron chi connectivity index (χ0n) is 19.8. The number of benzene rings is 2. The van der Waals surface area contributed by atoms with Gasteiger partial charge in [-0.1, -0.05) is 38.2 Å². The summed E-state index contributed by atoms with van der Waals surface area (Å²) < 4.78 is 10.7. The molecule has 0 unspecified atom stereocenters. The SMILES string of the molecule is CC(C)(C)c1cc(-c2cc(-c3ccc(OC(=O)O)s3)ccc2OCCO)ccc1N1CCCC1. The van der Waals surface area contributed by atoms with Crippen LogP contribution in [0.5, 0.6) is 10.8 Å². The summed E-state index contributed by atoms with van der Waals surface area (Å²) in [7, 11) is 0. The third kappa shape index (κ3) is 5.37. The van der Waals surface area contributed by atoms with Crippen LogP contribution < -0.4 is 14.4 Å². The van der Waals surface area contributed by atoms with Crippen molar-refractivity contribution in [2.24, 2.45) is 0 Å². The summed E-state index contributed by atoms with van der Waals surface area (Å²) in [4.78, 5) is 14.2. The second kappa shape index (κ2) is 10.1. The van der Waals surface area contributed by atoms with Crippen LogP contribution in [0.2, 0.25) is 0 Å². The van der Waals surface area contributed by atoms with Gasteiger partial charge >= 0.3 is 6.16 Å². The fraction of sp³-hybridized carbons (Fsp3) is 0.370. The zero-order chi connectivity index (χ0) is 24.3. The van der Waals surface area contributed by atoms with Gasteiger partial charge in [-0.15, -0.1) is 0 Å². The number of carbonyl (C=O) groups is 1. The predicted octanol–water partition coefficient (Wildman–Crippen LogP) is 6.41. The fourth-order valence-electron chi connectivity index (χ4n) is 4.34. The molecule has 0 radical (unpaired) electrons. The van der Waals surface area contributed by atoms with Crippen molar-refractivity contribution in [1.82, 2.24) is 0 Å². The maximum Gasteiger partial charge on any atom is 0.512 e. The van der Waals surface area contributed by atoms with Crippen molar-refractivity contribution in [3.05, 3.63) is 54.1 Å². The molecule has 2 aromatic carbocycles. The van der Waals surface area contributed by atoms with Gasteiger partial charge in [-0.25, -0.2) is 4.79 Å². The molecule has 1 aromatic heterocycles. The van der Waals surface area contributed by atoms with Gasteiger partial charge in [-0.3, -0.25) is 0 Å². The van der Waals surface area contributed by atoms with E-state index in [9.17, 15) is 9.90 Å². The topological polar surface area (TPSA) is 79.2 Å².